The molecule has 1 saturated heterocycles. The Morgan fingerprint density at radius 3 is 2.57 bits per heavy atom. The summed E-state index contributed by atoms with van der Waals surface area (Å²) in [5.74, 6) is 0.477. The normalized spacial score (nSPS) is 14.9. The number of nitrogens with one attached hydrogen (secondary N) is 1. The number of benzene rings is 2. The number of rotatable bonds is 5. The summed E-state index contributed by atoms with van der Waals surface area (Å²) in [4.78, 5) is 13.5. The van der Waals surface area contributed by atoms with Crippen molar-refractivity contribution in [3.63, 3.8) is 0 Å². The van der Waals surface area contributed by atoms with E-state index in [1.54, 1.807) is 46.1 Å². The minimum absolute atomic E-state index is 0.318. The van der Waals surface area contributed by atoms with E-state index in [1.807, 2.05) is 29.8 Å². The molecule has 0 radical (unpaired) electrons. The van der Waals surface area contributed by atoms with Gasteiger partial charge in [-0.1, -0.05) is 12.1 Å². The predicted molar refractivity (Wildman–Crippen MR) is 118 cm³/mol. The first-order valence-electron chi connectivity index (χ1n) is 9.63. The molecule has 0 saturated carbocycles. The Kier molecular flexibility index (Phi) is 4.93. The van der Waals surface area contributed by atoms with Crippen molar-refractivity contribution in [1.29, 1.82) is 0 Å². The standard InChI is InChI=1S/C21H19N5O2S2/c27-30(28,26-11-1-2-12-26)17-6-3-15(4-7-17)18-9-10-22-21(25-18)24-16-5-8-19-20(13-16)29-14-23-19/h3-10,13-14H,1-2,11-12H2,(H,22,24,25). The number of thiazole rings is 1. The van der Waals surface area contributed by atoms with E-state index in [4.69, 9.17) is 0 Å². The molecule has 0 aliphatic carbocycles. The van der Waals surface area contributed by atoms with Crippen LogP contribution in [0.3, 0.4) is 0 Å². The van der Waals surface area contributed by atoms with Crippen LogP contribution in [0.4, 0.5) is 11.6 Å². The summed E-state index contributed by atoms with van der Waals surface area (Å²) in [6, 6.07) is 14.6. The molecule has 4 aromatic rings. The topological polar surface area (TPSA) is 88.1 Å². The Hall–Kier alpha value is -2.88. The highest BCUT2D eigenvalue weighted by Crippen LogP contribution is 2.26. The van der Waals surface area contributed by atoms with Crippen molar-refractivity contribution in [3.8, 4) is 11.3 Å². The second-order valence-corrected chi connectivity index (χ2v) is 9.89. The molecule has 30 heavy (non-hydrogen) atoms. The first-order chi connectivity index (χ1) is 14.6. The molecular formula is C21H19N5O2S2. The molecule has 1 aliphatic rings. The third kappa shape index (κ3) is 3.67. The van der Waals surface area contributed by atoms with Gasteiger partial charge >= 0.3 is 0 Å². The molecule has 3 heterocycles. The maximum atomic E-state index is 12.7. The lowest BCUT2D eigenvalue weighted by molar-refractivity contribution is 0.477. The minimum Gasteiger partial charge on any atom is -0.324 e. The van der Waals surface area contributed by atoms with Crippen LogP contribution in [-0.2, 0) is 10.0 Å². The third-order valence-electron chi connectivity index (χ3n) is 5.10. The highest BCUT2D eigenvalue weighted by molar-refractivity contribution is 7.89. The number of nitrogens with zero attached hydrogens (tertiary/aromatic N) is 4. The summed E-state index contributed by atoms with van der Waals surface area (Å²) in [7, 11) is -3.42. The van der Waals surface area contributed by atoms with Gasteiger partial charge in [-0.2, -0.15) is 4.31 Å². The van der Waals surface area contributed by atoms with Crippen LogP contribution in [0.25, 0.3) is 21.5 Å². The molecule has 152 valence electrons. The van der Waals surface area contributed by atoms with Gasteiger partial charge in [-0.3, -0.25) is 0 Å². The Morgan fingerprint density at radius 1 is 0.967 bits per heavy atom. The van der Waals surface area contributed by atoms with E-state index in [0.717, 1.165) is 40.0 Å². The maximum absolute atomic E-state index is 12.7. The van der Waals surface area contributed by atoms with Crippen LogP contribution in [0.2, 0.25) is 0 Å². The molecule has 0 spiro atoms. The molecule has 2 aromatic heterocycles. The molecule has 0 bridgehead atoms. The molecular weight excluding hydrogens is 418 g/mol. The molecule has 1 N–H and O–H groups in total. The number of anilines is 2. The quantitative estimate of drug-likeness (QED) is 0.501. The van der Waals surface area contributed by atoms with Crippen LogP contribution in [0.1, 0.15) is 12.8 Å². The van der Waals surface area contributed by atoms with Crippen LogP contribution < -0.4 is 5.32 Å². The smallest absolute Gasteiger partial charge is 0.243 e. The Bertz CT molecular complexity index is 1300. The molecule has 5 rings (SSSR count). The second-order valence-electron chi connectivity index (χ2n) is 7.06. The van der Waals surface area contributed by atoms with Gasteiger partial charge in [0.15, 0.2) is 0 Å². The van der Waals surface area contributed by atoms with Gasteiger partial charge in [-0.05, 0) is 49.2 Å². The van der Waals surface area contributed by atoms with Gasteiger partial charge in [0, 0.05) is 30.5 Å². The van der Waals surface area contributed by atoms with Crippen molar-refractivity contribution in [2.75, 3.05) is 18.4 Å². The van der Waals surface area contributed by atoms with Crippen molar-refractivity contribution in [2.45, 2.75) is 17.7 Å². The van der Waals surface area contributed by atoms with Gasteiger partial charge in [0.1, 0.15) is 0 Å². The minimum atomic E-state index is -3.42. The lowest BCUT2D eigenvalue weighted by Gasteiger charge is -2.15. The molecule has 0 atom stereocenters. The summed E-state index contributed by atoms with van der Waals surface area (Å²) >= 11 is 1.58. The highest BCUT2D eigenvalue weighted by Gasteiger charge is 2.26. The van der Waals surface area contributed by atoms with E-state index >= 15 is 0 Å². The molecule has 1 fully saturated rings. The average molecular weight is 438 g/mol. The highest BCUT2D eigenvalue weighted by atomic mass is 32.2. The van der Waals surface area contributed by atoms with E-state index < -0.39 is 10.0 Å². The summed E-state index contributed by atoms with van der Waals surface area (Å²) in [5.41, 5.74) is 5.22. The van der Waals surface area contributed by atoms with Gasteiger partial charge in [0.05, 0.1) is 26.3 Å². The van der Waals surface area contributed by atoms with Gasteiger partial charge in [0.25, 0.3) is 0 Å². The second kappa shape index (κ2) is 7.75. The molecule has 1 aliphatic heterocycles. The van der Waals surface area contributed by atoms with Crippen LogP contribution in [-0.4, -0.2) is 40.8 Å². The van der Waals surface area contributed by atoms with Crippen molar-refractivity contribution >= 4 is 43.2 Å². The molecule has 2 aromatic carbocycles. The maximum Gasteiger partial charge on any atom is 0.243 e. The SMILES string of the molecule is O=S(=O)(c1ccc(-c2ccnc(Nc3ccc4ncsc4c3)n2)cc1)N1CCCC1. The zero-order valence-corrected chi connectivity index (χ0v) is 17.7. The molecule has 7 nitrogen and oxygen atoms in total. The van der Waals surface area contributed by atoms with Crippen molar-refractivity contribution in [2.24, 2.45) is 0 Å². The molecule has 0 amide bonds. The predicted octanol–water partition coefficient (Wildman–Crippen LogP) is 4.28. The number of sulfonamides is 1. The summed E-state index contributed by atoms with van der Waals surface area (Å²) in [6.45, 7) is 1.19. The Morgan fingerprint density at radius 2 is 1.77 bits per heavy atom. The Balaban J connectivity index is 1.38. The van der Waals surface area contributed by atoms with E-state index in [1.165, 1.54) is 0 Å². The van der Waals surface area contributed by atoms with Gasteiger partial charge < -0.3 is 5.32 Å². The van der Waals surface area contributed by atoms with E-state index in [-0.39, 0.29) is 0 Å². The summed E-state index contributed by atoms with van der Waals surface area (Å²) < 4.78 is 28.0. The molecule has 0 unspecified atom stereocenters. The van der Waals surface area contributed by atoms with Crippen LogP contribution >= 0.6 is 11.3 Å². The lowest BCUT2D eigenvalue weighted by Crippen LogP contribution is -2.27. The molecule has 9 heteroatoms. The van der Waals surface area contributed by atoms with Gasteiger partial charge in [0.2, 0.25) is 16.0 Å². The fourth-order valence-corrected chi connectivity index (χ4v) is 5.75. The summed E-state index contributed by atoms with van der Waals surface area (Å²) in [5, 5.41) is 3.22. The fraction of sp³-hybridized carbons (Fsp3) is 0.190. The zero-order valence-electron chi connectivity index (χ0n) is 16.0. The van der Waals surface area contributed by atoms with Crippen LogP contribution in [0.15, 0.2) is 65.1 Å². The zero-order chi connectivity index (χ0) is 20.6. The number of aromatic nitrogens is 3. The number of hydrogen-bond acceptors (Lipinski definition) is 7. The van der Waals surface area contributed by atoms with Crippen molar-refractivity contribution in [3.05, 3.63) is 60.2 Å². The van der Waals surface area contributed by atoms with Gasteiger partial charge in [-0.25, -0.2) is 23.4 Å². The third-order valence-corrected chi connectivity index (χ3v) is 7.80. The van der Waals surface area contributed by atoms with E-state index in [0.29, 0.717) is 23.9 Å². The van der Waals surface area contributed by atoms with Gasteiger partial charge in [-0.15, -0.1) is 11.3 Å². The van der Waals surface area contributed by atoms with Crippen molar-refractivity contribution < 1.29 is 8.42 Å². The summed E-state index contributed by atoms with van der Waals surface area (Å²) in [6.07, 6.45) is 3.53. The van der Waals surface area contributed by atoms with Crippen LogP contribution in [0, 0.1) is 0 Å². The monoisotopic (exact) mass is 437 g/mol. The van der Waals surface area contributed by atoms with E-state index in [2.05, 4.69) is 20.3 Å². The number of fused-ring (bicyclic) bond motifs is 1. The largest absolute Gasteiger partial charge is 0.324 e. The first kappa shape index (κ1) is 19.1. The first-order valence-corrected chi connectivity index (χ1v) is 12.0. The Labute approximate surface area is 178 Å². The fourth-order valence-electron chi connectivity index (χ4n) is 3.52. The van der Waals surface area contributed by atoms with Crippen molar-refractivity contribution in [1.82, 2.24) is 19.3 Å². The van der Waals surface area contributed by atoms with E-state index in [9.17, 15) is 8.42 Å². The number of hydrogen-bond donors (Lipinski definition) is 1. The lowest BCUT2D eigenvalue weighted by atomic mass is 10.1. The average Bonchev–Trinajstić information content (AvgIpc) is 3.46. The van der Waals surface area contributed by atoms with Crippen LogP contribution in [0.5, 0.6) is 0 Å².